The van der Waals surface area contributed by atoms with Gasteiger partial charge in [-0.25, -0.2) is 4.79 Å². The molecule has 2 saturated carbocycles. The van der Waals surface area contributed by atoms with Crippen LogP contribution < -0.4 is 0 Å². The van der Waals surface area contributed by atoms with Gasteiger partial charge in [0.05, 0.1) is 33.4 Å². The topological polar surface area (TPSA) is 35.5 Å². The van der Waals surface area contributed by atoms with Crippen LogP contribution in [-0.2, 0) is 14.3 Å². The molecule has 0 radical (unpaired) electrons. The molecule has 4 heteroatoms. The molecule has 3 atom stereocenters. The van der Waals surface area contributed by atoms with Gasteiger partial charge in [-0.05, 0) is 42.9 Å². The fourth-order valence-corrected chi connectivity index (χ4v) is 4.46. The van der Waals surface area contributed by atoms with Crippen molar-refractivity contribution >= 4 is 5.97 Å². The lowest BCUT2D eigenvalue weighted by Crippen LogP contribution is -2.47. The van der Waals surface area contributed by atoms with Crippen LogP contribution in [0.1, 0.15) is 47.0 Å². The minimum atomic E-state index is -0.125. The van der Waals surface area contributed by atoms with Gasteiger partial charge in [-0.15, -0.1) is 0 Å². The van der Waals surface area contributed by atoms with Crippen LogP contribution in [-0.4, -0.2) is 57.0 Å². The smallest absolute Gasteiger partial charge is 0.361 e. The lowest BCUT2D eigenvalue weighted by molar-refractivity contribution is -0.883. The second-order valence-corrected chi connectivity index (χ2v) is 8.59. The summed E-state index contributed by atoms with van der Waals surface area (Å²) in [4.78, 5) is 11.6. The van der Waals surface area contributed by atoms with E-state index in [1.54, 1.807) is 0 Å². The molecule has 0 N–H and O–H groups in total. The van der Waals surface area contributed by atoms with E-state index < -0.39 is 0 Å². The fourth-order valence-electron chi connectivity index (χ4n) is 4.46. The Hall–Kier alpha value is -0.610. The van der Waals surface area contributed by atoms with Crippen LogP contribution in [0, 0.1) is 16.7 Å². The van der Waals surface area contributed by atoms with Gasteiger partial charge in [0, 0.05) is 0 Å². The molecular weight excluding hydrogens is 278 g/mol. The van der Waals surface area contributed by atoms with Crippen molar-refractivity contribution in [2.24, 2.45) is 16.7 Å². The molecule has 0 saturated heterocycles. The third-order valence-corrected chi connectivity index (χ3v) is 6.59. The van der Waals surface area contributed by atoms with E-state index in [2.05, 4.69) is 34.9 Å². The number of likely N-dealkylation sites (N-methyl/N-ethyl adjacent to an activating group) is 1. The van der Waals surface area contributed by atoms with Crippen molar-refractivity contribution in [2.45, 2.75) is 53.1 Å². The average Bonchev–Trinajstić information content (AvgIpc) is 2.71. The van der Waals surface area contributed by atoms with Gasteiger partial charge in [0.2, 0.25) is 0 Å². The largest absolute Gasteiger partial charge is 0.462 e. The second kappa shape index (κ2) is 6.12. The molecule has 2 rings (SSSR count). The Morgan fingerprint density at radius 2 is 1.95 bits per heavy atom. The molecule has 0 aromatic heterocycles. The highest BCUT2D eigenvalue weighted by Crippen LogP contribution is 2.66. The van der Waals surface area contributed by atoms with Gasteiger partial charge in [-0.2, -0.15) is 0 Å². The van der Waals surface area contributed by atoms with Gasteiger partial charge >= 0.3 is 5.97 Å². The maximum absolute atomic E-state index is 11.6. The van der Waals surface area contributed by atoms with E-state index in [0.29, 0.717) is 34.6 Å². The number of rotatable bonds is 7. The number of esters is 1. The fraction of sp³-hybridized carbons (Fsp3) is 0.944. The summed E-state index contributed by atoms with van der Waals surface area (Å²) in [5, 5.41) is 0. The first kappa shape index (κ1) is 17.7. The molecule has 128 valence electrons. The number of carbonyl (C=O) groups excluding carboxylic acids is 1. The predicted molar refractivity (Wildman–Crippen MR) is 87.4 cm³/mol. The molecule has 2 bridgehead atoms. The van der Waals surface area contributed by atoms with E-state index >= 15 is 0 Å². The monoisotopic (exact) mass is 312 g/mol. The van der Waals surface area contributed by atoms with Gasteiger partial charge in [-0.3, -0.25) is 0 Å². The van der Waals surface area contributed by atoms with Crippen molar-refractivity contribution in [3.05, 3.63) is 0 Å². The Morgan fingerprint density at radius 3 is 2.45 bits per heavy atom. The van der Waals surface area contributed by atoms with Crippen molar-refractivity contribution < 1.29 is 18.8 Å². The highest BCUT2D eigenvalue weighted by molar-refractivity contribution is 5.70. The van der Waals surface area contributed by atoms with Gasteiger partial charge < -0.3 is 14.0 Å². The molecular formula is C18H34NO3+. The molecule has 2 aliphatic rings. The van der Waals surface area contributed by atoms with Crippen LogP contribution in [0.5, 0.6) is 0 Å². The normalized spacial score (nSPS) is 33.2. The summed E-state index contributed by atoms with van der Waals surface area (Å²) in [6.45, 7) is 11.5. The Bertz CT molecular complexity index is 419. The first-order valence-electron chi connectivity index (χ1n) is 8.71. The second-order valence-electron chi connectivity index (χ2n) is 8.59. The Balaban J connectivity index is 1.81. The highest BCUT2D eigenvalue weighted by Gasteiger charge is 2.61. The van der Waals surface area contributed by atoms with Crippen LogP contribution in [0.2, 0.25) is 0 Å². The minimum Gasteiger partial charge on any atom is -0.462 e. The van der Waals surface area contributed by atoms with Crippen molar-refractivity contribution in [2.75, 3.05) is 40.4 Å². The van der Waals surface area contributed by atoms with Gasteiger partial charge in [-0.1, -0.05) is 20.8 Å². The summed E-state index contributed by atoms with van der Waals surface area (Å²) >= 11 is 0. The average molecular weight is 312 g/mol. The summed E-state index contributed by atoms with van der Waals surface area (Å²) < 4.78 is 12.0. The van der Waals surface area contributed by atoms with Gasteiger partial charge in [0.25, 0.3) is 0 Å². The number of carbonyl (C=O) groups is 1. The first-order chi connectivity index (χ1) is 10.1. The predicted octanol–water partition coefficient (Wildman–Crippen LogP) is 2.86. The van der Waals surface area contributed by atoms with Crippen molar-refractivity contribution in [1.29, 1.82) is 0 Å². The Kier molecular flexibility index (Phi) is 4.94. The SMILES string of the molecule is CCOC(=O)C[N+](C)(C)CCO[C@H]1C[C@H]2CC[C@@]1(C)C2(C)C. The van der Waals surface area contributed by atoms with Crippen LogP contribution in [0.25, 0.3) is 0 Å². The molecule has 0 spiro atoms. The maximum Gasteiger partial charge on any atom is 0.361 e. The Labute approximate surface area is 135 Å². The highest BCUT2D eigenvalue weighted by atomic mass is 16.5. The van der Waals surface area contributed by atoms with Crippen molar-refractivity contribution in [1.82, 2.24) is 0 Å². The lowest BCUT2D eigenvalue weighted by atomic mass is 9.70. The number of hydrogen-bond acceptors (Lipinski definition) is 3. The van der Waals surface area contributed by atoms with Gasteiger partial charge in [0.15, 0.2) is 6.54 Å². The standard InChI is InChI=1S/C18H34NO3/c1-7-21-16(20)13-19(5,6)10-11-22-15-12-14-8-9-18(15,4)17(14,2)3/h14-15H,7-13H2,1-6H3/q+1/t14-,15+,18-/m1/s1. The molecule has 0 aliphatic heterocycles. The zero-order valence-electron chi connectivity index (χ0n) is 15.3. The zero-order chi connectivity index (χ0) is 16.6. The quantitative estimate of drug-likeness (QED) is 0.536. The summed E-state index contributed by atoms with van der Waals surface area (Å²) in [6.07, 6.45) is 4.22. The molecule has 0 aromatic carbocycles. The summed E-state index contributed by atoms with van der Waals surface area (Å²) in [6, 6.07) is 0. The third-order valence-electron chi connectivity index (χ3n) is 6.59. The van der Waals surface area contributed by atoms with Crippen LogP contribution in [0.3, 0.4) is 0 Å². The molecule has 0 unspecified atom stereocenters. The summed E-state index contributed by atoms with van der Waals surface area (Å²) in [5.74, 6) is 0.685. The molecule has 22 heavy (non-hydrogen) atoms. The van der Waals surface area contributed by atoms with E-state index in [9.17, 15) is 4.79 Å². The summed E-state index contributed by atoms with van der Waals surface area (Å²) in [7, 11) is 4.12. The molecule has 0 amide bonds. The lowest BCUT2D eigenvalue weighted by Gasteiger charge is -2.39. The van der Waals surface area contributed by atoms with E-state index in [4.69, 9.17) is 9.47 Å². The molecule has 4 nitrogen and oxygen atoms in total. The van der Waals surface area contributed by atoms with Gasteiger partial charge in [0.1, 0.15) is 6.54 Å². The van der Waals surface area contributed by atoms with Crippen molar-refractivity contribution in [3.63, 3.8) is 0 Å². The van der Waals surface area contributed by atoms with E-state index in [-0.39, 0.29) is 5.97 Å². The minimum absolute atomic E-state index is 0.125. The Morgan fingerprint density at radius 1 is 1.27 bits per heavy atom. The summed E-state index contributed by atoms with van der Waals surface area (Å²) in [5.41, 5.74) is 0.711. The first-order valence-corrected chi connectivity index (χ1v) is 8.71. The van der Waals surface area contributed by atoms with E-state index in [1.165, 1.54) is 19.3 Å². The van der Waals surface area contributed by atoms with E-state index in [0.717, 1.165) is 19.1 Å². The number of fused-ring (bicyclic) bond motifs is 2. The van der Waals surface area contributed by atoms with E-state index in [1.807, 2.05) is 6.92 Å². The van der Waals surface area contributed by atoms with Crippen LogP contribution in [0.15, 0.2) is 0 Å². The van der Waals surface area contributed by atoms with Crippen LogP contribution in [0.4, 0.5) is 0 Å². The molecule has 2 aliphatic carbocycles. The number of hydrogen-bond donors (Lipinski definition) is 0. The van der Waals surface area contributed by atoms with Crippen LogP contribution >= 0.6 is 0 Å². The molecule has 0 aromatic rings. The molecule has 2 fully saturated rings. The third kappa shape index (κ3) is 3.18. The molecule has 0 heterocycles. The maximum atomic E-state index is 11.6. The zero-order valence-corrected chi connectivity index (χ0v) is 15.3. The van der Waals surface area contributed by atoms with Crippen molar-refractivity contribution in [3.8, 4) is 0 Å². The number of nitrogens with zero attached hydrogens (tertiary/aromatic N) is 1. The number of quaternary nitrogens is 1. The number of ether oxygens (including phenoxy) is 2.